The Labute approximate surface area is 140 Å². The second kappa shape index (κ2) is 6.59. The van der Waals surface area contributed by atoms with E-state index in [1.807, 2.05) is 4.90 Å². The van der Waals surface area contributed by atoms with Crippen molar-refractivity contribution < 1.29 is 14.5 Å². The molecule has 7 heteroatoms. The Bertz CT molecular complexity index is 682. The van der Waals surface area contributed by atoms with Crippen molar-refractivity contribution in [2.75, 3.05) is 11.9 Å². The largest absolute Gasteiger partial charge is 0.339 e. The van der Waals surface area contributed by atoms with E-state index in [2.05, 4.69) is 5.32 Å². The van der Waals surface area contributed by atoms with Crippen LogP contribution in [0.15, 0.2) is 18.2 Å². The number of likely N-dealkylation sites (tertiary alicyclic amines) is 1. The van der Waals surface area contributed by atoms with Crippen LogP contribution in [0, 0.1) is 23.0 Å². The van der Waals surface area contributed by atoms with E-state index in [0.29, 0.717) is 17.8 Å². The highest BCUT2D eigenvalue weighted by Crippen LogP contribution is 2.31. The Morgan fingerprint density at radius 2 is 2.04 bits per heavy atom. The van der Waals surface area contributed by atoms with E-state index in [1.165, 1.54) is 6.07 Å². The number of benzene rings is 1. The van der Waals surface area contributed by atoms with Crippen molar-refractivity contribution in [1.29, 1.82) is 0 Å². The summed E-state index contributed by atoms with van der Waals surface area (Å²) in [5, 5.41) is 13.7. The molecule has 1 saturated heterocycles. The molecule has 2 aliphatic rings. The van der Waals surface area contributed by atoms with Crippen LogP contribution in [0.1, 0.15) is 37.7 Å². The lowest BCUT2D eigenvalue weighted by Gasteiger charge is -2.23. The average Bonchev–Trinajstić information content (AvgIpc) is 3.18. The predicted molar refractivity (Wildman–Crippen MR) is 88.5 cm³/mol. The van der Waals surface area contributed by atoms with Crippen molar-refractivity contribution >= 4 is 23.2 Å². The molecule has 0 bridgehead atoms. The number of hydrogen-bond donors (Lipinski definition) is 1. The Morgan fingerprint density at radius 1 is 1.33 bits per heavy atom. The molecule has 0 spiro atoms. The number of nitrogens with one attached hydrogen (secondary N) is 1. The third-order valence-corrected chi connectivity index (χ3v) is 5.05. The van der Waals surface area contributed by atoms with Crippen molar-refractivity contribution in [3.8, 4) is 0 Å². The van der Waals surface area contributed by atoms with Gasteiger partial charge in [-0.05, 0) is 25.8 Å². The third-order valence-electron chi connectivity index (χ3n) is 5.05. The van der Waals surface area contributed by atoms with Gasteiger partial charge in [-0.25, -0.2) is 0 Å². The summed E-state index contributed by atoms with van der Waals surface area (Å²) in [7, 11) is 0. The standard InChI is InChI=1S/C17H21N3O4/c1-11-14(7-4-8-15(11)20(23)24)18-17(22)12-9-16(21)19(10-12)13-5-2-3-6-13/h4,7-8,12-13H,2-3,5-6,9-10H2,1H3,(H,18,22)/t12-/m0/s1. The molecule has 1 heterocycles. The fourth-order valence-electron chi connectivity index (χ4n) is 3.67. The zero-order valence-corrected chi connectivity index (χ0v) is 13.7. The third kappa shape index (κ3) is 3.11. The van der Waals surface area contributed by atoms with Gasteiger partial charge in [-0.15, -0.1) is 0 Å². The minimum Gasteiger partial charge on any atom is -0.339 e. The molecule has 24 heavy (non-hydrogen) atoms. The van der Waals surface area contributed by atoms with Crippen LogP contribution < -0.4 is 5.32 Å². The summed E-state index contributed by atoms with van der Waals surface area (Å²) in [4.78, 5) is 37.1. The van der Waals surface area contributed by atoms with Crippen molar-refractivity contribution in [3.05, 3.63) is 33.9 Å². The van der Waals surface area contributed by atoms with Gasteiger partial charge < -0.3 is 10.2 Å². The van der Waals surface area contributed by atoms with E-state index in [4.69, 9.17) is 0 Å². The lowest BCUT2D eigenvalue weighted by molar-refractivity contribution is -0.385. The van der Waals surface area contributed by atoms with E-state index in [-0.39, 0.29) is 30.0 Å². The first kappa shape index (κ1) is 16.4. The monoisotopic (exact) mass is 331 g/mol. The maximum Gasteiger partial charge on any atom is 0.274 e. The molecule has 3 rings (SSSR count). The van der Waals surface area contributed by atoms with Gasteiger partial charge in [-0.3, -0.25) is 19.7 Å². The number of amides is 2. The van der Waals surface area contributed by atoms with Gasteiger partial charge in [0.15, 0.2) is 0 Å². The van der Waals surface area contributed by atoms with Gasteiger partial charge in [-0.2, -0.15) is 0 Å². The zero-order chi connectivity index (χ0) is 17.3. The highest BCUT2D eigenvalue weighted by molar-refractivity contribution is 5.98. The van der Waals surface area contributed by atoms with Crippen LogP contribution in [0.2, 0.25) is 0 Å². The van der Waals surface area contributed by atoms with Gasteiger partial charge >= 0.3 is 0 Å². The van der Waals surface area contributed by atoms with Gasteiger partial charge in [-0.1, -0.05) is 18.9 Å². The summed E-state index contributed by atoms with van der Waals surface area (Å²) in [6.07, 6.45) is 4.53. The smallest absolute Gasteiger partial charge is 0.274 e. The summed E-state index contributed by atoms with van der Waals surface area (Å²) < 4.78 is 0. The molecule has 2 amide bonds. The number of anilines is 1. The Balaban J connectivity index is 1.69. The van der Waals surface area contributed by atoms with Gasteiger partial charge in [0.1, 0.15) is 0 Å². The number of nitro groups is 1. The Kier molecular flexibility index (Phi) is 4.51. The highest BCUT2D eigenvalue weighted by Gasteiger charge is 2.38. The van der Waals surface area contributed by atoms with Crippen LogP contribution in [0.3, 0.4) is 0 Å². The van der Waals surface area contributed by atoms with Crippen molar-refractivity contribution in [3.63, 3.8) is 0 Å². The quantitative estimate of drug-likeness (QED) is 0.678. The molecule has 1 aromatic carbocycles. The molecule has 7 nitrogen and oxygen atoms in total. The van der Waals surface area contributed by atoms with Crippen LogP contribution in [0.4, 0.5) is 11.4 Å². The van der Waals surface area contributed by atoms with E-state index >= 15 is 0 Å². The van der Waals surface area contributed by atoms with Crippen LogP contribution in [0.25, 0.3) is 0 Å². The molecule has 0 aromatic heterocycles. The molecule has 1 aliphatic heterocycles. The minimum absolute atomic E-state index is 0.0251. The number of carbonyl (C=O) groups excluding carboxylic acids is 2. The molecule has 1 aromatic rings. The fraction of sp³-hybridized carbons (Fsp3) is 0.529. The molecular formula is C17H21N3O4. The summed E-state index contributed by atoms with van der Waals surface area (Å²) in [5.74, 6) is -0.595. The molecule has 2 fully saturated rings. The molecule has 1 saturated carbocycles. The van der Waals surface area contributed by atoms with Gasteiger partial charge in [0.05, 0.1) is 22.1 Å². The summed E-state index contributed by atoms with van der Waals surface area (Å²) >= 11 is 0. The molecule has 0 radical (unpaired) electrons. The summed E-state index contributed by atoms with van der Waals surface area (Å²) in [6.45, 7) is 2.06. The second-order valence-electron chi connectivity index (χ2n) is 6.58. The lowest BCUT2D eigenvalue weighted by Crippen LogP contribution is -2.35. The molecule has 1 atom stereocenters. The Hall–Kier alpha value is -2.44. The molecule has 0 unspecified atom stereocenters. The molecule has 128 valence electrons. The first-order valence-electron chi connectivity index (χ1n) is 8.31. The number of nitro benzene ring substituents is 1. The SMILES string of the molecule is Cc1c(NC(=O)[C@H]2CC(=O)N(C3CCCC3)C2)cccc1[N+](=O)[O-]. The van der Waals surface area contributed by atoms with Crippen molar-refractivity contribution in [2.24, 2.45) is 5.92 Å². The number of nitrogens with zero attached hydrogens (tertiary/aromatic N) is 2. The highest BCUT2D eigenvalue weighted by atomic mass is 16.6. The number of carbonyl (C=O) groups is 2. The minimum atomic E-state index is -0.466. The molecule has 1 aliphatic carbocycles. The van der Waals surface area contributed by atoms with Crippen LogP contribution in [-0.2, 0) is 9.59 Å². The lowest BCUT2D eigenvalue weighted by atomic mass is 10.1. The van der Waals surface area contributed by atoms with Crippen LogP contribution in [0.5, 0.6) is 0 Å². The normalized spacial score (nSPS) is 21.3. The zero-order valence-electron chi connectivity index (χ0n) is 13.7. The number of rotatable bonds is 4. The van der Waals surface area contributed by atoms with Crippen LogP contribution >= 0.6 is 0 Å². The average molecular weight is 331 g/mol. The maximum atomic E-state index is 12.5. The first-order valence-corrected chi connectivity index (χ1v) is 8.31. The topological polar surface area (TPSA) is 92.6 Å². The molecule has 1 N–H and O–H groups in total. The fourth-order valence-corrected chi connectivity index (χ4v) is 3.67. The van der Waals surface area contributed by atoms with E-state index in [1.54, 1.807) is 19.1 Å². The first-order chi connectivity index (χ1) is 11.5. The number of hydrogen-bond acceptors (Lipinski definition) is 4. The van der Waals surface area contributed by atoms with Crippen LogP contribution in [-0.4, -0.2) is 34.2 Å². The van der Waals surface area contributed by atoms with Crippen molar-refractivity contribution in [1.82, 2.24) is 4.90 Å². The summed E-state index contributed by atoms with van der Waals surface area (Å²) in [6, 6.07) is 4.87. The predicted octanol–water partition coefficient (Wildman–Crippen LogP) is 2.63. The van der Waals surface area contributed by atoms with Gasteiger partial charge in [0.25, 0.3) is 5.69 Å². The maximum absolute atomic E-state index is 12.5. The van der Waals surface area contributed by atoms with E-state index < -0.39 is 10.8 Å². The second-order valence-corrected chi connectivity index (χ2v) is 6.58. The van der Waals surface area contributed by atoms with Crippen molar-refractivity contribution in [2.45, 2.75) is 45.1 Å². The van der Waals surface area contributed by atoms with E-state index in [0.717, 1.165) is 25.7 Å². The Morgan fingerprint density at radius 3 is 2.71 bits per heavy atom. The van der Waals surface area contributed by atoms with Gasteiger partial charge in [0.2, 0.25) is 11.8 Å². The summed E-state index contributed by atoms with van der Waals surface area (Å²) in [5.41, 5.74) is 0.830. The van der Waals surface area contributed by atoms with E-state index in [9.17, 15) is 19.7 Å². The molecular weight excluding hydrogens is 310 g/mol. The van der Waals surface area contributed by atoms with Gasteiger partial charge in [0, 0.05) is 25.1 Å².